The number of rotatable bonds is 4. The summed E-state index contributed by atoms with van der Waals surface area (Å²) in [6.45, 7) is 3.41. The van der Waals surface area contributed by atoms with Crippen LogP contribution in [0, 0.1) is 6.92 Å². The Balaban J connectivity index is 2.18. The van der Waals surface area contributed by atoms with Crippen LogP contribution in [-0.4, -0.2) is 58.3 Å². The van der Waals surface area contributed by atoms with E-state index in [9.17, 15) is 14.7 Å². The second-order valence-corrected chi connectivity index (χ2v) is 5.16. The standard InChI is InChI=1S/C13H20N4O3/c1-9-11(13(19)20)12(16(3)14-9)15(2)8-10(18)17-6-4-5-7-17/h4-8H2,1-3H3,(H,19,20). The van der Waals surface area contributed by atoms with Gasteiger partial charge in [0.05, 0.1) is 12.2 Å². The van der Waals surface area contributed by atoms with Crippen LogP contribution < -0.4 is 4.90 Å². The zero-order valence-electron chi connectivity index (χ0n) is 12.1. The van der Waals surface area contributed by atoms with Gasteiger partial charge in [0.1, 0.15) is 11.4 Å². The molecular formula is C13H20N4O3. The summed E-state index contributed by atoms with van der Waals surface area (Å²) in [7, 11) is 3.41. The van der Waals surface area contributed by atoms with Crippen molar-refractivity contribution in [3.8, 4) is 0 Å². The summed E-state index contributed by atoms with van der Waals surface area (Å²) in [5.41, 5.74) is 0.611. The third kappa shape index (κ3) is 2.61. The minimum Gasteiger partial charge on any atom is -0.477 e. The summed E-state index contributed by atoms with van der Waals surface area (Å²) >= 11 is 0. The number of carbonyl (C=O) groups excluding carboxylic acids is 1. The molecule has 7 nitrogen and oxygen atoms in total. The number of anilines is 1. The average Bonchev–Trinajstić information content (AvgIpc) is 2.96. The molecule has 1 saturated heterocycles. The number of amides is 1. The van der Waals surface area contributed by atoms with Crippen LogP contribution in [0.1, 0.15) is 28.9 Å². The molecular weight excluding hydrogens is 260 g/mol. The molecule has 0 radical (unpaired) electrons. The molecule has 0 saturated carbocycles. The topological polar surface area (TPSA) is 78.7 Å². The van der Waals surface area contributed by atoms with Gasteiger partial charge in [0.15, 0.2) is 0 Å². The van der Waals surface area contributed by atoms with E-state index in [1.807, 2.05) is 4.90 Å². The van der Waals surface area contributed by atoms with Crippen molar-refractivity contribution in [3.05, 3.63) is 11.3 Å². The predicted octanol–water partition coefficient (Wildman–Crippen LogP) is 0.485. The van der Waals surface area contributed by atoms with Crippen molar-refractivity contribution >= 4 is 17.7 Å². The second-order valence-electron chi connectivity index (χ2n) is 5.16. The number of hydrogen-bond donors (Lipinski definition) is 1. The van der Waals surface area contributed by atoms with Gasteiger partial charge in [0, 0.05) is 27.2 Å². The predicted molar refractivity (Wildman–Crippen MR) is 74.0 cm³/mol. The molecule has 1 aromatic rings. The molecule has 0 unspecified atom stereocenters. The van der Waals surface area contributed by atoms with Crippen molar-refractivity contribution in [2.45, 2.75) is 19.8 Å². The van der Waals surface area contributed by atoms with Crippen LogP contribution in [-0.2, 0) is 11.8 Å². The Morgan fingerprint density at radius 1 is 1.35 bits per heavy atom. The van der Waals surface area contributed by atoms with Crippen molar-refractivity contribution < 1.29 is 14.7 Å². The molecule has 1 aromatic heterocycles. The van der Waals surface area contributed by atoms with E-state index in [0.29, 0.717) is 11.5 Å². The Morgan fingerprint density at radius 2 is 1.95 bits per heavy atom. The van der Waals surface area contributed by atoms with E-state index in [2.05, 4.69) is 5.10 Å². The highest BCUT2D eigenvalue weighted by atomic mass is 16.4. The summed E-state index contributed by atoms with van der Waals surface area (Å²) in [5.74, 6) is -0.534. The van der Waals surface area contributed by atoms with Crippen molar-refractivity contribution in [2.75, 3.05) is 31.6 Å². The number of nitrogens with zero attached hydrogens (tertiary/aromatic N) is 4. The molecule has 2 heterocycles. The van der Waals surface area contributed by atoms with E-state index in [0.717, 1.165) is 25.9 Å². The van der Waals surface area contributed by atoms with E-state index >= 15 is 0 Å². The second kappa shape index (κ2) is 5.52. The molecule has 0 spiro atoms. The van der Waals surface area contributed by atoms with Gasteiger partial charge in [0.25, 0.3) is 0 Å². The number of aromatic carboxylic acids is 1. The number of likely N-dealkylation sites (N-methyl/N-ethyl adjacent to an activating group) is 1. The van der Waals surface area contributed by atoms with Crippen molar-refractivity contribution in [1.29, 1.82) is 0 Å². The first-order valence-electron chi connectivity index (χ1n) is 6.67. The third-order valence-electron chi connectivity index (χ3n) is 3.60. The fraction of sp³-hybridized carbons (Fsp3) is 0.615. The number of aromatic nitrogens is 2. The lowest BCUT2D eigenvalue weighted by atomic mass is 10.2. The molecule has 2 rings (SSSR count). The molecule has 0 atom stereocenters. The number of hydrogen-bond acceptors (Lipinski definition) is 4. The maximum Gasteiger partial charge on any atom is 0.341 e. The Labute approximate surface area is 117 Å². The molecule has 0 aromatic carbocycles. The van der Waals surface area contributed by atoms with E-state index in [1.54, 1.807) is 25.9 Å². The van der Waals surface area contributed by atoms with Gasteiger partial charge in [-0.05, 0) is 19.8 Å². The Bertz CT molecular complexity index is 532. The molecule has 1 aliphatic heterocycles. The van der Waals surface area contributed by atoms with Gasteiger partial charge in [-0.25, -0.2) is 4.79 Å². The lowest BCUT2D eigenvalue weighted by Crippen LogP contribution is -2.38. The fourth-order valence-corrected chi connectivity index (χ4v) is 2.68. The van der Waals surface area contributed by atoms with Crippen molar-refractivity contribution in [2.24, 2.45) is 7.05 Å². The fourth-order valence-electron chi connectivity index (χ4n) is 2.68. The van der Waals surface area contributed by atoms with Crippen LogP contribution in [0.5, 0.6) is 0 Å². The van der Waals surface area contributed by atoms with Gasteiger partial charge in [0.2, 0.25) is 5.91 Å². The van der Waals surface area contributed by atoms with Crippen LogP contribution in [0.25, 0.3) is 0 Å². The smallest absolute Gasteiger partial charge is 0.341 e. The monoisotopic (exact) mass is 280 g/mol. The minimum atomic E-state index is -1.02. The average molecular weight is 280 g/mol. The number of likely N-dealkylation sites (tertiary alicyclic amines) is 1. The van der Waals surface area contributed by atoms with Crippen LogP contribution in [0.15, 0.2) is 0 Å². The molecule has 0 aliphatic carbocycles. The molecule has 1 N–H and O–H groups in total. The van der Waals surface area contributed by atoms with Gasteiger partial charge >= 0.3 is 5.97 Å². The summed E-state index contributed by atoms with van der Waals surface area (Å²) in [4.78, 5) is 26.9. The van der Waals surface area contributed by atoms with Gasteiger partial charge in [-0.3, -0.25) is 9.48 Å². The third-order valence-corrected chi connectivity index (χ3v) is 3.60. The molecule has 1 fully saturated rings. The number of carbonyl (C=O) groups is 2. The van der Waals surface area contributed by atoms with Crippen LogP contribution >= 0.6 is 0 Å². The largest absolute Gasteiger partial charge is 0.477 e. The summed E-state index contributed by atoms with van der Waals surface area (Å²) in [6, 6.07) is 0. The quantitative estimate of drug-likeness (QED) is 0.868. The SMILES string of the molecule is Cc1nn(C)c(N(C)CC(=O)N2CCCC2)c1C(=O)O. The highest BCUT2D eigenvalue weighted by molar-refractivity contribution is 5.95. The highest BCUT2D eigenvalue weighted by Crippen LogP contribution is 2.22. The lowest BCUT2D eigenvalue weighted by molar-refractivity contribution is -0.128. The zero-order valence-corrected chi connectivity index (χ0v) is 12.1. The molecule has 1 aliphatic rings. The van der Waals surface area contributed by atoms with Crippen LogP contribution in [0.3, 0.4) is 0 Å². The van der Waals surface area contributed by atoms with Gasteiger partial charge in [-0.1, -0.05) is 0 Å². The van der Waals surface area contributed by atoms with Gasteiger partial charge in [-0.2, -0.15) is 5.10 Å². The number of carboxylic acid groups (broad SMARTS) is 1. The zero-order chi connectivity index (χ0) is 14.9. The van der Waals surface area contributed by atoms with Crippen molar-refractivity contribution in [1.82, 2.24) is 14.7 Å². The molecule has 1 amide bonds. The molecule has 20 heavy (non-hydrogen) atoms. The Kier molecular flexibility index (Phi) is 3.96. The highest BCUT2D eigenvalue weighted by Gasteiger charge is 2.25. The van der Waals surface area contributed by atoms with E-state index in [-0.39, 0.29) is 18.0 Å². The molecule has 0 bridgehead atoms. The maximum atomic E-state index is 12.1. The normalized spacial score (nSPS) is 14.7. The Hall–Kier alpha value is -2.05. The van der Waals surface area contributed by atoms with Crippen molar-refractivity contribution in [3.63, 3.8) is 0 Å². The maximum absolute atomic E-state index is 12.1. The van der Waals surface area contributed by atoms with E-state index < -0.39 is 5.97 Å². The first kappa shape index (κ1) is 14.4. The Morgan fingerprint density at radius 3 is 2.50 bits per heavy atom. The lowest BCUT2D eigenvalue weighted by Gasteiger charge is -2.23. The summed E-state index contributed by atoms with van der Waals surface area (Å²) in [6.07, 6.45) is 2.08. The van der Waals surface area contributed by atoms with Gasteiger partial charge < -0.3 is 14.9 Å². The number of carboxylic acids is 1. The molecule has 110 valence electrons. The van der Waals surface area contributed by atoms with Gasteiger partial charge in [-0.15, -0.1) is 0 Å². The molecule has 7 heteroatoms. The van der Waals surface area contributed by atoms with Crippen LogP contribution in [0.2, 0.25) is 0 Å². The minimum absolute atomic E-state index is 0.0280. The van der Waals surface area contributed by atoms with E-state index in [4.69, 9.17) is 0 Å². The van der Waals surface area contributed by atoms with E-state index in [1.165, 1.54) is 4.68 Å². The van der Waals surface area contributed by atoms with Crippen LogP contribution in [0.4, 0.5) is 5.82 Å². The first-order valence-corrected chi connectivity index (χ1v) is 6.67. The number of aryl methyl sites for hydroxylation is 2. The summed E-state index contributed by atoms with van der Waals surface area (Å²) in [5, 5.41) is 13.4. The summed E-state index contributed by atoms with van der Waals surface area (Å²) < 4.78 is 1.51. The first-order chi connectivity index (χ1) is 9.41.